The van der Waals surface area contributed by atoms with Crippen LogP contribution in [0.2, 0.25) is 5.02 Å². The molecule has 4 aromatic rings. The number of aromatic nitrogens is 1. The average molecular weight is 463 g/mol. The molecule has 0 aliphatic rings. The van der Waals surface area contributed by atoms with Gasteiger partial charge < -0.3 is 14.2 Å². The van der Waals surface area contributed by atoms with E-state index in [0.717, 1.165) is 16.8 Å². The third-order valence-corrected chi connectivity index (χ3v) is 5.54. The summed E-state index contributed by atoms with van der Waals surface area (Å²) in [6, 6.07) is 27.2. The predicted octanol–water partition coefficient (Wildman–Crippen LogP) is 5.94. The Kier molecular flexibility index (Phi) is 7.43. The summed E-state index contributed by atoms with van der Waals surface area (Å²) in [6.45, 7) is 1.40. The van der Waals surface area contributed by atoms with E-state index in [1.807, 2.05) is 48.7 Å². The number of benzene rings is 3. The SMILES string of the molecule is O=C(COc1ccc(Cl)cc1)N(Cc1ccccc1)Cc1cccn1Cc1ccc(F)cc1. The molecule has 1 amide bonds. The second kappa shape index (κ2) is 10.8. The molecule has 0 saturated carbocycles. The summed E-state index contributed by atoms with van der Waals surface area (Å²) >= 11 is 5.92. The lowest BCUT2D eigenvalue weighted by Crippen LogP contribution is -2.34. The number of hydrogen-bond acceptors (Lipinski definition) is 2. The quantitative estimate of drug-likeness (QED) is 0.308. The van der Waals surface area contributed by atoms with Crippen molar-refractivity contribution in [3.8, 4) is 5.75 Å². The molecule has 0 bridgehead atoms. The third-order valence-electron chi connectivity index (χ3n) is 5.29. The number of amides is 1. The molecule has 0 aliphatic carbocycles. The summed E-state index contributed by atoms with van der Waals surface area (Å²) in [7, 11) is 0. The van der Waals surface area contributed by atoms with Gasteiger partial charge in [0.25, 0.3) is 5.91 Å². The molecular formula is C27H24ClFN2O2. The number of carbonyl (C=O) groups is 1. The second-order valence-corrected chi connectivity index (χ2v) is 8.17. The maximum atomic E-state index is 13.3. The first kappa shape index (κ1) is 22.6. The molecule has 6 heteroatoms. The first-order chi connectivity index (χ1) is 16.1. The zero-order valence-corrected chi connectivity index (χ0v) is 18.8. The van der Waals surface area contributed by atoms with E-state index >= 15 is 0 Å². The lowest BCUT2D eigenvalue weighted by atomic mass is 10.2. The van der Waals surface area contributed by atoms with E-state index in [1.165, 1.54) is 12.1 Å². The Bertz CT molecular complexity index is 1170. The van der Waals surface area contributed by atoms with Crippen LogP contribution in [0.15, 0.2) is 97.2 Å². The molecule has 33 heavy (non-hydrogen) atoms. The molecule has 0 saturated heterocycles. The van der Waals surface area contributed by atoms with Crippen LogP contribution in [-0.2, 0) is 24.4 Å². The van der Waals surface area contributed by atoms with Gasteiger partial charge in [-0.1, -0.05) is 54.1 Å². The number of rotatable bonds is 9. The van der Waals surface area contributed by atoms with Gasteiger partial charge in [-0.05, 0) is 59.7 Å². The minimum absolute atomic E-state index is 0.0763. The Morgan fingerprint density at radius 3 is 2.30 bits per heavy atom. The summed E-state index contributed by atoms with van der Waals surface area (Å²) < 4.78 is 21.0. The minimum atomic E-state index is -0.258. The van der Waals surface area contributed by atoms with Crippen LogP contribution < -0.4 is 4.74 Å². The topological polar surface area (TPSA) is 34.5 Å². The van der Waals surface area contributed by atoms with Crippen LogP contribution in [-0.4, -0.2) is 22.0 Å². The Morgan fingerprint density at radius 2 is 1.58 bits per heavy atom. The van der Waals surface area contributed by atoms with Crippen molar-refractivity contribution < 1.29 is 13.9 Å². The van der Waals surface area contributed by atoms with E-state index in [9.17, 15) is 9.18 Å². The summed E-state index contributed by atoms with van der Waals surface area (Å²) in [4.78, 5) is 14.9. The molecule has 0 N–H and O–H groups in total. The normalized spacial score (nSPS) is 10.7. The molecule has 0 radical (unpaired) electrons. The van der Waals surface area contributed by atoms with Gasteiger partial charge in [0, 0.05) is 30.0 Å². The van der Waals surface area contributed by atoms with Crippen molar-refractivity contribution in [1.29, 1.82) is 0 Å². The average Bonchev–Trinajstić information content (AvgIpc) is 3.26. The molecular weight excluding hydrogens is 439 g/mol. The fourth-order valence-corrected chi connectivity index (χ4v) is 3.66. The van der Waals surface area contributed by atoms with E-state index in [1.54, 1.807) is 41.3 Å². The molecule has 4 rings (SSSR count). The molecule has 0 fully saturated rings. The highest BCUT2D eigenvalue weighted by Gasteiger charge is 2.17. The van der Waals surface area contributed by atoms with Crippen molar-refractivity contribution in [2.24, 2.45) is 0 Å². The number of ether oxygens (including phenoxy) is 1. The Morgan fingerprint density at radius 1 is 0.848 bits per heavy atom. The van der Waals surface area contributed by atoms with Crippen LogP contribution in [0.3, 0.4) is 0 Å². The molecule has 1 heterocycles. The molecule has 168 valence electrons. The zero-order chi connectivity index (χ0) is 23.0. The fraction of sp³-hybridized carbons (Fsp3) is 0.148. The molecule has 1 aromatic heterocycles. The van der Waals surface area contributed by atoms with Gasteiger partial charge in [-0.25, -0.2) is 4.39 Å². The maximum absolute atomic E-state index is 13.3. The number of carbonyl (C=O) groups excluding carboxylic acids is 1. The number of hydrogen-bond donors (Lipinski definition) is 0. The van der Waals surface area contributed by atoms with Gasteiger partial charge in [0.05, 0.1) is 6.54 Å². The van der Waals surface area contributed by atoms with E-state index in [2.05, 4.69) is 4.57 Å². The van der Waals surface area contributed by atoms with Crippen molar-refractivity contribution in [2.45, 2.75) is 19.6 Å². The third kappa shape index (κ3) is 6.46. The Labute approximate surface area is 197 Å². The lowest BCUT2D eigenvalue weighted by molar-refractivity contribution is -0.134. The van der Waals surface area contributed by atoms with Crippen LogP contribution in [0.25, 0.3) is 0 Å². The van der Waals surface area contributed by atoms with Crippen molar-refractivity contribution in [2.75, 3.05) is 6.61 Å². The van der Waals surface area contributed by atoms with Gasteiger partial charge >= 0.3 is 0 Å². The molecule has 0 aliphatic heterocycles. The van der Waals surface area contributed by atoms with Crippen molar-refractivity contribution >= 4 is 17.5 Å². The summed E-state index contributed by atoms with van der Waals surface area (Å²) in [5, 5.41) is 0.612. The first-order valence-electron chi connectivity index (χ1n) is 10.7. The van der Waals surface area contributed by atoms with E-state index in [-0.39, 0.29) is 18.3 Å². The van der Waals surface area contributed by atoms with Gasteiger partial charge in [0.15, 0.2) is 6.61 Å². The van der Waals surface area contributed by atoms with Gasteiger partial charge in [0.2, 0.25) is 0 Å². The first-order valence-corrected chi connectivity index (χ1v) is 11.0. The Balaban J connectivity index is 1.49. The standard InChI is InChI=1S/C27H24ClFN2O2/c28-23-10-14-26(15-11-23)33-20-27(32)31(18-21-5-2-1-3-6-21)19-25-7-4-16-30(25)17-22-8-12-24(29)13-9-22/h1-16H,17-20H2. The number of nitrogens with zero attached hydrogens (tertiary/aromatic N) is 2. The fourth-order valence-electron chi connectivity index (χ4n) is 3.53. The van der Waals surface area contributed by atoms with Crippen molar-refractivity contribution in [3.05, 3.63) is 125 Å². The molecule has 0 atom stereocenters. The monoisotopic (exact) mass is 462 g/mol. The van der Waals surface area contributed by atoms with Crippen LogP contribution >= 0.6 is 11.6 Å². The minimum Gasteiger partial charge on any atom is -0.484 e. The van der Waals surface area contributed by atoms with Gasteiger partial charge in [-0.15, -0.1) is 0 Å². The molecule has 4 nitrogen and oxygen atoms in total. The van der Waals surface area contributed by atoms with Crippen LogP contribution in [0.5, 0.6) is 5.75 Å². The zero-order valence-electron chi connectivity index (χ0n) is 18.0. The van der Waals surface area contributed by atoms with Crippen molar-refractivity contribution in [3.63, 3.8) is 0 Å². The van der Waals surface area contributed by atoms with Crippen LogP contribution in [0.4, 0.5) is 4.39 Å². The molecule has 0 spiro atoms. The summed E-state index contributed by atoms with van der Waals surface area (Å²) in [5.74, 6) is 0.210. The van der Waals surface area contributed by atoms with E-state index < -0.39 is 0 Å². The highest BCUT2D eigenvalue weighted by atomic mass is 35.5. The van der Waals surface area contributed by atoms with Gasteiger partial charge in [0.1, 0.15) is 11.6 Å². The van der Waals surface area contributed by atoms with Gasteiger partial charge in [-0.3, -0.25) is 4.79 Å². The highest BCUT2D eigenvalue weighted by Crippen LogP contribution is 2.17. The number of halogens is 2. The molecule has 3 aromatic carbocycles. The van der Waals surface area contributed by atoms with Crippen LogP contribution in [0.1, 0.15) is 16.8 Å². The lowest BCUT2D eigenvalue weighted by Gasteiger charge is -2.24. The maximum Gasteiger partial charge on any atom is 0.261 e. The van der Waals surface area contributed by atoms with Crippen molar-refractivity contribution in [1.82, 2.24) is 9.47 Å². The highest BCUT2D eigenvalue weighted by molar-refractivity contribution is 6.30. The van der Waals surface area contributed by atoms with E-state index in [0.29, 0.717) is 30.4 Å². The second-order valence-electron chi connectivity index (χ2n) is 7.73. The Hall–Kier alpha value is -3.57. The summed E-state index contributed by atoms with van der Waals surface area (Å²) in [5.41, 5.74) is 3.00. The van der Waals surface area contributed by atoms with E-state index in [4.69, 9.17) is 16.3 Å². The molecule has 0 unspecified atom stereocenters. The van der Waals surface area contributed by atoms with Crippen LogP contribution in [0, 0.1) is 5.82 Å². The smallest absolute Gasteiger partial charge is 0.261 e. The largest absolute Gasteiger partial charge is 0.484 e. The van der Waals surface area contributed by atoms with Gasteiger partial charge in [-0.2, -0.15) is 0 Å². The predicted molar refractivity (Wildman–Crippen MR) is 128 cm³/mol. The summed E-state index contributed by atoms with van der Waals surface area (Å²) in [6.07, 6.45) is 1.97.